The van der Waals surface area contributed by atoms with Crippen LogP contribution in [-0.2, 0) is 0 Å². The lowest BCUT2D eigenvalue weighted by molar-refractivity contribution is 0.882. The smallest absolute Gasteiger partial charge is 0.273 e. The number of H-pyrrole nitrogens is 1. The van der Waals surface area contributed by atoms with Crippen LogP contribution in [0.5, 0.6) is 0 Å². The molecule has 0 bridgehead atoms. The zero-order valence-corrected chi connectivity index (χ0v) is 6.79. The molecule has 0 saturated carbocycles. The second-order valence-corrected chi connectivity index (χ2v) is 2.30. The summed E-state index contributed by atoms with van der Waals surface area (Å²) in [5.74, 6) is 0.357. The van der Waals surface area contributed by atoms with Crippen LogP contribution in [0.1, 0.15) is 5.69 Å². The number of rotatable bonds is 3. The predicted octanol–water partition coefficient (Wildman–Crippen LogP) is -1.16. The van der Waals surface area contributed by atoms with Gasteiger partial charge in [0.15, 0.2) is 0 Å². The minimum atomic E-state index is -0.232. The number of aromatic nitrogens is 3. The topological polar surface area (TPSA) is 96.7 Å². The molecule has 0 unspecified atom stereocenters. The molecule has 4 N–H and O–H groups in total. The Morgan fingerprint density at radius 3 is 2.92 bits per heavy atom. The Balaban J connectivity index is 2.76. The summed E-state index contributed by atoms with van der Waals surface area (Å²) in [4.78, 5) is 13.5. The van der Waals surface area contributed by atoms with Gasteiger partial charge in [-0.15, -0.1) is 10.2 Å². The maximum absolute atomic E-state index is 11.0. The first-order chi connectivity index (χ1) is 5.74. The molecule has 1 aromatic heterocycles. The van der Waals surface area contributed by atoms with Crippen LogP contribution in [0.25, 0.3) is 0 Å². The number of aryl methyl sites for hydroxylation is 1. The molecule has 0 aliphatic rings. The molecular weight excluding hydrogens is 158 g/mol. The number of anilines is 1. The minimum Gasteiger partial charge on any atom is -0.353 e. The van der Waals surface area contributed by atoms with Crippen molar-refractivity contribution in [3.05, 3.63) is 16.0 Å². The van der Waals surface area contributed by atoms with Gasteiger partial charge in [0, 0.05) is 13.1 Å². The lowest BCUT2D eigenvalue weighted by atomic mass is 10.5. The fourth-order valence-electron chi connectivity index (χ4n) is 0.664. The van der Waals surface area contributed by atoms with E-state index in [1.807, 2.05) is 0 Å². The lowest BCUT2D eigenvalue weighted by Crippen LogP contribution is -2.20. The van der Waals surface area contributed by atoms with Crippen molar-refractivity contribution in [1.82, 2.24) is 15.2 Å². The van der Waals surface area contributed by atoms with E-state index in [9.17, 15) is 4.79 Å². The molecule has 66 valence electrons. The van der Waals surface area contributed by atoms with Crippen molar-refractivity contribution >= 4 is 5.95 Å². The van der Waals surface area contributed by atoms with Crippen LogP contribution in [0.4, 0.5) is 5.95 Å². The fraction of sp³-hybridized carbons (Fsp3) is 0.500. The number of hydrogen-bond donors (Lipinski definition) is 3. The molecule has 0 aromatic carbocycles. The summed E-state index contributed by atoms with van der Waals surface area (Å²) >= 11 is 0. The minimum absolute atomic E-state index is 0.232. The zero-order valence-electron chi connectivity index (χ0n) is 6.79. The Morgan fingerprint density at radius 2 is 2.33 bits per heavy atom. The maximum Gasteiger partial charge on any atom is 0.273 e. The van der Waals surface area contributed by atoms with Gasteiger partial charge in [-0.05, 0) is 6.92 Å². The van der Waals surface area contributed by atoms with E-state index in [4.69, 9.17) is 5.73 Å². The second kappa shape index (κ2) is 3.82. The van der Waals surface area contributed by atoms with Crippen molar-refractivity contribution in [2.75, 3.05) is 18.4 Å². The summed E-state index contributed by atoms with van der Waals surface area (Å²) in [6.45, 7) is 2.64. The van der Waals surface area contributed by atoms with Gasteiger partial charge in [0.2, 0.25) is 5.95 Å². The molecule has 0 aliphatic heterocycles. The van der Waals surface area contributed by atoms with Crippen molar-refractivity contribution in [2.45, 2.75) is 6.92 Å². The molecule has 0 spiro atoms. The molecular formula is C6H11N5O. The summed E-state index contributed by atoms with van der Waals surface area (Å²) in [6, 6.07) is 0. The van der Waals surface area contributed by atoms with E-state index < -0.39 is 0 Å². The second-order valence-electron chi connectivity index (χ2n) is 2.30. The molecule has 1 aromatic rings. The van der Waals surface area contributed by atoms with Crippen LogP contribution in [0.2, 0.25) is 0 Å². The first-order valence-corrected chi connectivity index (χ1v) is 3.61. The van der Waals surface area contributed by atoms with Gasteiger partial charge in [0.05, 0.1) is 0 Å². The first-order valence-electron chi connectivity index (χ1n) is 3.61. The Bertz CT molecular complexity index is 307. The normalized spacial score (nSPS) is 9.83. The lowest BCUT2D eigenvalue weighted by Gasteiger charge is -2.00. The number of hydrogen-bond acceptors (Lipinski definition) is 5. The van der Waals surface area contributed by atoms with E-state index in [2.05, 4.69) is 20.5 Å². The number of nitrogens with two attached hydrogens (primary N) is 1. The highest BCUT2D eigenvalue weighted by Crippen LogP contribution is 1.88. The van der Waals surface area contributed by atoms with E-state index in [-0.39, 0.29) is 5.56 Å². The van der Waals surface area contributed by atoms with Crippen molar-refractivity contribution in [3.63, 3.8) is 0 Å². The zero-order chi connectivity index (χ0) is 8.97. The highest BCUT2D eigenvalue weighted by Gasteiger charge is 1.97. The molecule has 0 atom stereocenters. The van der Waals surface area contributed by atoms with Gasteiger partial charge < -0.3 is 11.1 Å². The predicted molar refractivity (Wildman–Crippen MR) is 44.9 cm³/mol. The third-order valence-corrected chi connectivity index (χ3v) is 1.30. The summed E-state index contributed by atoms with van der Waals surface area (Å²) < 4.78 is 0. The van der Waals surface area contributed by atoms with Gasteiger partial charge >= 0.3 is 0 Å². The monoisotopic (exact) mass is 169 g/mol. The van der Waals surface area contributed by atoms with E-state index in [1.165, 1.54) is 0 Å². The van der Waals surface area contributed by atoms with Crippen LogP contribution in [-0.4, -0.2) is 28.3 Å². The molecule has 0 saturated heterocycles. The van der Waals surface area contributed by atoms with Crippen molar-refractivity contribution in [2.24, 2.45) is 5.73 Å². The SMILES string of the molecule is Cc1nnc(NCCN)[nH]c1=O. The van der Waals surface area contributed by atoms with Gasteiger partial charge in [-0.2, -0.15) is 0 Å². The van der Waals surface area contributed by atoms with Crippen LogP contribution in [0, 0.1) is 6.92 Å². The van der Waals surface area contributed by atoms with Crippen LogP contribution >= 0.6 is 0 Å². The highest BCUT2D eigenvalue weighted by atomic mass is 16.1. The van der Waals surface area contributed by atoms with Crippen molar-refractivity contribution < 1.29 is 0 Å². The molecule has 0 amide bonds. The van der Waals surface area contributed by atoms with Crippen LogP contribution in [0.3, 0.4) is 0 Å². The van der Waals surface area contributed by atoms with Crippen LogP contribution < -0.4 is 16.6 Å². The molecule has 6 heteroatoms. The largest absolute Gasteiger partial charge is 0.353 e. The quantitative estimate of drug-likeness (QED) is 0.530. The molecule has 12 heavy (non-hydrogen) atoms. The Morgan fingerprint density at radius 1 is 1.58 bits per heavy atom. The Kier molecular flexibility index (Phi) is 2.76. The van der Waals surface area contributed by atoms with E-state index in [0.717, 1.165) is 0 Å². The third kappa shape index (κ3) is 2.03. The van der Waals surface area contributed by atoms with Crippen molar-refractivity contribution in [1.29, 1.82) is 0 Å². The number of aromatic amines is 1. The summed E-state index contributed by atoms with van der Waals surface area (Å²) in [7, 11) is 0. The third-order valence-electron chi connectivity index (χ3n) is 1.30. The molecule has 0 radical (unpaired) electrons. The summed E-state index contributed by atoms with van der Waals surface area (Å²) in [6.07, 6.45) is 0. The maximum atomic E-state index is 11.0. The number of nitrogens with one attached hydrogen (secondary N) is 2. The van der Waals surface area contributed by atoms with Gasteiger partial charge in [-0.1, -0.05) is 0 Å². The van der Waals surface area contributed by atoms with Gasteiger partial charge in [-0.3, -0.25) is 9.78 Å². The summed E-state index contributed by atoms with van der Waals surface area (Å²) in [5, 5.41) is 10.1. The molecule has 6 nitrogen and oxygen atoms in total. The average molecular weight is 169 g/mol. The van der Waals surface area contributed by atoms with Gasteiger partial charge in [0.1, 0.15) is 5.69 Å². The molecule has 1 heterocycles. The van der Waals surface area contributed by atoms with E-state index >= 15 is 0 Å². The van der Waals surface area contributed by atoms with E-state index in [0.29, 0.717) is 24.7 Å². The van der Waals surface area contributed by atoms with Crippen molar-refractivity contribution in [3.8, 4) is 0 Å². The standard InChI is InChI=1S/C6H11N5O/c1-4-5(12)9-6(11-10-4)8-3-2-7/h2-3,7H2,1H3,(H2,8,9,11,12). The number of nitrogens with zero attached hydrogens (tertiary/aromatic N) is 2. The van der Waals surface area contributed by atoms with Gasteiger partial charge in [0.25, 0.3) is 5.56 Å². The highest BCUT2D eigenvalue weighted by molar-refractivity contribution is 5.20. The summed E-state index contributed by atoms with van der Waals surface area (Å²) in [5.41, 5.74) is 5.36. The Hall–Kier alpha value is -1.43. The molecule has 0 fully saturated rings. The first kappa shape index (κ1) is 8.66. The van der Waals surface area contributed by atoms with Crippen LogP contribution in [0.15, 0.2) is 4.79 Å². The fourth-order valence-corrected chi connectivity index (χ4v) is 0.664. The molecule has 0 aliphatic carbocycles. The van der Waals surface area contributed by atoms with Gasteiger partial charge in [-0.25, -0.2) is 0 Å². The average Bonchev–Trinajstić information content (AvgIpc) is 2.07. The Labute approximate surface area is 69.2 Å². The van der Waals surface area contributed by atoms with E-state index in [1.54, 1.807) is 6.92 Å². The molecule has 1 rings (SSSR count).